The van der Waals surface area contributed by atoms with E-state index in [1.54, 1.807) is 6.20 Å². The molecule has 0 saturated heterocycles. The summed E-state index contributed by atoms with van der Waals surface area (Å²) in [5.74, 6) is 0.634. The normalized spacial score (nSPS) is 10.2. The average molecular weight is 199 g/mol. The number of hydrogen-bond acceptors (Lipinski definition) is 2. The van der Waals surface area contributed by atoms with Crippen molar-refractivity contribution in [2.24, 2.45) is 0 Å². The smallest absolute Gasteiger partial charge is 0.138 e. The summed E-state index contributed by atoms with van der Waals surface area (Å²) in [6, 6.07) is 10.1. The van der Waals surface area contributed by atoms with E-state index in [2.05, 4.69) is 17.6 Å². The first-order chi connectivity index (χ1) is 7.33. The zero-order valence-corrected chi connectivity index (χ0v) is 8.73. The third kappa shape index (κ3) is 1.84. The van der Waals surface area contributed by atoms with Crippen LogP contribution < -0.4 is 0 Å². The predicted octanol–water partition coefficient (Wildman–Crippen LogP) is 3.24. The van der Waals surface area contributed by atoms with Gasteiger partial charge in [0.15, 0.2) is 0 Å². The molecule has 0 aliphatic carbocycles. The Labute approximate surface area is 89.2 Å². The van der Waals surface area contributed by atoms with Gasteiger partial charge < -0.3 is 4.74 Å². The number of aromatic nitrogens is 1. The van der Waals surface area contributed by atoms with Gasteiger partial charge in [-0.05, 0) is 18.4 Å². The molecule has 0 aliphatic heterocycles. The van der Waals surface area contributed by atoms with E-state index in [4.69, 9.17) is 4.74 Å². The third-order valence-corrected chi connectivity index (χ3v) is 2.26. The Morgan fingerprint density at radius 2 is 2.13 bits per heavy atom. The van der Waals surface area contributed by atoms with Crippen LogP contribution >= 0.6 is 0 Å². The number of benzene rings is 1. The molecule has 0 radical (unpaired) electrons. The van der Waals surface area contributed by atoms with E-state index in [1.165, 1.54) is 0 Å². The summed E-state index contributed by atoms with van der Waals surface area (Å²) in [6.45, 7) is 6.44. The molecule has 1 aromatic carbocycles. The van der Waals surface area contributed by atoms with Crippen LogP contribution in [0.25, 0.3) is 16.5 Å². The highest BCUT2D eigenvalue weighted by molar-refractivity contribution is 5.90. The Balaban J connectivity index is 2.56. The second kappa shape index (κ2) is 4.13. The number of fused-ring (bicyclic) bond motifs is 1. The van der Waals surface area contributed by atoms with Crippen molar-refractivity contribution >= 4 is 16.5 Å². The van der Waals surface area contributed by atoms with Gasteiger partial charge in [0.25, 0.3) is 0 Å². The molecule has 0 saturated carbocycles. The highest BCUT2D eigenvalue weighted by Crippen LogP contribution is 2.22. The van der Waals surface area contributed by atoms with Gasteiger partial charge in [-0.1, -0.05) is 30.8 Å². The molecule has 2 aromatic rings. The molecule has 0 amide bonds. The van der Waals surface area contributed by atoms with Crippen molar-refractivity contribution in [1.29, 1.82) is 0 Å². The predicted molar refractivity (Wildman–Crippen MR) is 62.4 cm³/mol. The highest BCUT2D eigenvalue weighted by Gasteiger charge is 2.05. The summed E-state index contributed by atoms with van der Waals surface area (Å²) in [4.78, 5) is 4.30. The maximum Gasteiger partial charge on any atom is 0.138 e. The van der Waals surface area contributed by atoms with E-state index in [-0.39, 0.29) is 0 Å². The molecule has 0 N–H and O–H groups in total. The van der Waals surface area contributed by atoms with Crippen molar-refractivity contribution in [3.05, 3.63) is 48.8 Å². The molecular formula is C13H13NO. The molecule has 0 aliphatic rings. The van der Waals surface area contributed by atoms with Crippen LogP contribution in [0.1, 0.15) is 12.6 Å². The van der Waals surface area contributed by atoms with Crippen molar-refractivity contribution in [3.8, 4) is 0 Å². The molecule has 1 heterocycles. The first-order valence-corrected chi connectivity index (χ1v) is 4.98. The maximum absolute atomic E-state index is 5.38. The monoisotopic (exact) mass is 199 g/mol. The first kappa shape index (κ1) is 9.71. The van der Waals surface area contributed by atoms with Gasteiger partial charge in [-0.2, -0.15) is 0 Å². The molecule has 2 rings (SSSR count). The van der Waals surface area contributed by atoms with E-state index in [0.717, 1.165) is 16.5 Å². The van der Waals surface area contributed by atoms with Crippen LogP contribution in [-0.2, 0) is 4.74 Å². The minimum atomic E-state index is 0.615. The van der Waals surface area contributed by atoms with Crippen LogP contribution in [0.5, 0.6) is 0 Å². The van der Waals surface area contributed by atoms with Crippen LogP contribution in [0.4, 0.5) is 0 Å². The van der Waals surface area contributed by atoms with Gasteiger partial charge in [0.1, 0.15) is 11.5 Å². The fourth-order valence-electron chi connectivity index (χ4n) is 1.58. The molecule has 0 fully saturated rings. The van der Waals surface area contributed by atoms with E-state index in [9.17, 15) is 0 Å². The summed E-state index contributed by atoms with van der Waals surface area (Å²) in [6.07, 6.45) is 1.78. The van der Waals surface area contributed by atoms with Crippen molar-refractivity contribution in [3.63, 3.8) is 0 Å². The van der Waals surface area contributed by atoms with Gasteiger partial charge in [-0.25, -0.2) is 0 Å². The molecular weight excluding hydrogens is 186 g/mol. The largest absolute Gasteiger partial charge is 0.492 e. The van der Waals surface area contributed by atoms with Crippen molar-refractivity contribution in [2.45, 2.75) is 6.92 Å². The van der Waals surface area contributed by atoms with Crippen LogP contribution in [0.2, 0.25) is 0 Å². The van der Waals surface area contributed by atoms with Crippen LogP contribution in [0, 0.1) is 0 Å². The Bertz CT molecular complexity index is 485. The molecule has 2 nitrogen and oxygen atoms in total. The highest BCUT2D eigenvalue weighted by atomic mass is 16.5. The third-order valence-electron chi connectivity index (χ3n) is 2.26. The van der Waals surface area contributed by atoms with Crippen LogP contribution in [0.3, 0.4) is 0 Å². The molecule has 2 heteroatoms. The van der Waals surface area contributed by atoms with Gasteiger partial charge in [0.05, 0.1) is 6.61 Å². The number of pyridine rings is 1. The van der Waals surface area contributed by atoms with Gasteiger partial charge in [0.2, 0.25) is 0 Å². The number of rotatable bonds is 3. The van der Waals surface area contributed by atoms with Gasteiger partial charge in [-0.15, -0.1) is 0 Å². The second-order valence-electron chi connectivity index (χ2n) is 3.24. The standard InChI is InChI=1S/C13H13NO/c1-3-15-10(2)13-12-7-5-4-6-11(12)8-9-14-13/h4-9H,2-3H2,1H3. The molecule has 15 heavy (non-hydrogen) atoms. The topological polar surface area (TPSA) is 22.1 Å². The SMILES string of the molecule is C=C(OCC)c1nccc2ccccc12. The first-order valence-electron chi connectivity index (χ1n) is 4.98. The zero-order chi connectivity index (χ0) is 10.7. The van der Waals surface area contributed by atoms with Crippen molar-refractivity contribution < 1.29 is 4.74 Å². The maximum atomic E-state index is 5.38. The van der Waals surface area contributed by atoms with Gasteiger partial charge in [-0.3, -0.25) is 4.98 Å². The van der Waals surface area contributed by atoms with Crippen molar-refractivity contribution in [2.75, 3.05) is 6.61 Å². The van der Waals surface area contributed by atoms with Gasteiger partial charge >= 0.3 is 0 Å². The molecule has 0 bridgehead atoms. The quantitative estimate of drug-likeness (QED) is 0.708. The van der Waals surface area contributed by atoms with E-state index >= 15 is 0 Å². The van der Waals surface area contributed by atoms with E-state index in [0.29, 0.717) is 12.4 Å². The van der Waals surface area contributed by atoms with Crippen molar-refractivity contribution in [1.82, 2.24) is 4.98 Å². The molecule has 1 aromatic heterocycles. The summed E-state index contributed by atoms with van der Waals surface area (Å²) >= 11 is 0. The number of hydrogen-bond donors (Lipinski definition) is 0. The second-order valence-corrected chi connectivity index (χ2v) is 3.24. The summed E-state index contributed by atoms with van der Waals surface area (Å²) in [5, 5.41) is 2.24. The molecule has 0 unspecified atom stereocenters. The Morgan fingerprint density at radius 1 is 1.33 bits per heavy atom. The Hall–Kier alpha value is -1.83. The molecule has 0 spiro atoms. The fourth-order valence-corrected chi connectivity index (χ4v) is 1.58. The fraction of sp³-hybridized carbons (Fsp3) is 0.154. The van der Waals surface area contributed by atoms with Gasteiger partial charge in [0, 0.05) is 11.6 Å². The lowest BCUT2D eigenvalue weighted by molar-refractivity contribution is 0.298. The number of nitrogens with zero attached hydrogens (tertiary/aromatic N) is 1. The minimum absolute atomic E-state index is 0.615. The van der Waals surface area contributed by atoms with Crippen LogP contribution in [0.15, 0.2) is 43.1 Å². The Kier molecular flexibility index (Phi) is 2.68. The lowest BCUT2D eigenvalue weighted by atomic mass is 10.1. The summed E-state index contributed by atoms with van der Waals surface area (Å²) in [7, 11) is 0. The summed E-state index contributed by atoms with van der Waals surface area (Å²) in [5.41, 5.74) is 0.829. The molecule has 76 valence electrons. The Morgan fingerprint density at radius 3 is 2.93 bits per heavy atom. The lowest BCUT2D eigenvalue weighted by Crippen LogP contribution is -1.94. The summed E-state index contributed by atoms with van der Waals surface area (Å²) < 4.78 is 5.38. The van der Waals surface area contributed by atoms with Crippen LogP contribution in [-0.4, -0.2) is 11.6 Å². The average Bonchev–Trinajstić information content (AvgIpc) is 2.28. The molecule has 0 atom stereocenters. The number of ether oxygens (including phenoxy) is 1. The van der Waals surface area contributed by atoms with E-state index < -0.39 is 0 Å². The van der Waals surface area contributed by atoms with E-state index in [1.807, 2.05) is 31.2 Å². The zero-order valence-electron chi connectivity index (χ0n) is 8.73. The minimum Gasteiger partial charge on any atom is -0.492 e. The lowest BCUT2D eigenvalue weighted by Gasteiger charge is -2.08.